The number of benzene rings is 1. The minimum atomic E-state index is -0.348. The SMILES string of the molecule is CC(=O)Nc1ccc(CNCC2=C3C(=O)NC(=N)N=C3N=C2)cc1. The van der Waals surface area contributed by atoms with Crippen molar-refractivity contribution in [3.63, 3.8) is 0 Å². The van der Waals surface area contributed by atoms with Gasteiger partial charge in [-0.1, -0.05) is 12.1 Å². The quantitative estimate of drug-likeness (QED) is 0.634. The van der Waals surface area contributed by atoms with Crippen molar-refractivity contribution in [1.82, 2.24) is 10.6 Å². The van der Waals surface area contributed by atoms with Gasteiger partial charge in [-0.25, -0.2) is 4.99 Å². The van der Waals surface area contributed by atoms with Crippen molar-refractivity contribution < 1.29 is 9.59 Å². The predicted molar refractivity (Wildman–Crippen MR) is 91.3 cm³/mol. The summed E-state index contributed by atoms with van der Waals surface area (Å²) in [5.74, 6) is -0.352. The van der Waals surface area contributed by atoms with Gasteiger partial charge in [-0.3, -0.25) is 20.3 Å². The van der Waals surface area contributed by atoms with Gasteiger partial charge in [0.05, 0.1) is 5.57 Å². The number of hydrogen-bond acceptors (Lipinski definition) is 5. The maximum atomic E-state index is 11.9. The zero-order valence-electron chi connectivity index (χ0n) is 13.0. The van der Waals surface area contributed by atoms with E-state index >= 15 is 0 Å². The minimum absolute atomic E-state index is 0.105. The van der Waals surface area contributed by atoms with Crippen LogP contribution in [0, 0.1) is 5.41 Å². The summed E-state index contributed by atoms with van der Waals surface area (Å²) in [5.41, 5.74) is 2.96. The van der Waals surface area contributed by atoms with E-state index in [-0.39, 0.29) is 17.8 Å². The second-order valence-electron chi connectivity index (χ2n) is 5.38. The zero-order chi connectivity index (χ0) is 17.1. The Hall–Kier alpha value is -3.13. The van der Waals surface area contributed by atoms with Crippen LogP contribution >= 0.6 is 0 Å². The molecule has 0 aromatic heterocycles. The number of amides is 2. The lowest BCUT2D eigenvalue weighted by atomic mass is 10.1. The van der Waals surface area contributed by atoms with Crippen LogP contribution in [0.4, 0.5) is 5.69 Å². The lowest BCUT2D eigenvalue weighted by molar-refractivity contribution is -0.116. The van der Waals surface area contributed by atoms with Gasteiger partial charge in [0.15, 0.2) is 5.84 Å². The normalized spacial score (nSPS) is 16.0. The molecule has 2 aliphatic heterocycles. The highest BCUT2D eigenvalue weighted by Gasteiger charge is 2.28. The van der Waals surface area contributed by atoms with Crippen LogP contribution in [0.25, 0.3) is 0 Å². The Labute approximate surface area is 138 Å². The van der Waals surface area contributed by atoms with Crippen LogP contribution < -0.4 is 16.0 Å². The first-order valence-corrected chi connectivity index (χ1v) is 7.36. The van der Waals surface area contributed by atoms with Crippen molar-refractivity contribution in [2.24, 2.45) is 9.98 Å². The summed E-state index contributed by atoms with van der Waals surface area (Å²) in [6.07, 6.45) is 1.60. The molecule has 0 atom stereocenters. The number of nitrogens with one attached hydrogen (secondary N) is 4. The fourth-order valence-electron chi connectivity index (χ4n) is 2.43. The molecule has 1 aromatic carbocycles. The highest BCUT2D eigenvalue weighted by Crippen LogP contribution is 2.16. The van der Waals surface area contributed by atoms with Gasteiger partial charge < -0.3 is 10.6 Å². The summed E-state index contributed by atoms with van der Waals surface area (Å²) in [6.45, 7) is 2.54. The smallest absolute Gasteiger partial charge is 0.262 e. The summed E-state index contributed by atoms with van der Waals surface area (Å²) in [6, 6.07) is 7.51. The molecule has 24 heavy (non-hydrogen) atoms. The number of rotatable bonds is 5. The highest BCUT2D eigenvalue weighted by molar-refractivity contribution is 6.35. The van der Waals surface area contributed by atoms with Crippen molar-refractivity contribution in [2.75, 3.05) is 11.9 Å². The molecular formula is C16H16N6O2. The van der Waals surface area contributed by atoms with Gasteiger partial charge in [-0.05, 0) is 17.7 Å². The average molecular weight is 324 g/mol. The fraction of sp³-hybridized carbons (Fsp3) is 0.188. The summed E-state index contributed by atoms with van der Waals surface area (Å²) in [5, 5.41) is 15.7. The minimum Gasteiger partial charge on any atom is -0.326 e. The number of nitrogens with zero attached hydrogens (tertiary/aromatic N) is 2. The van der Waals surface area contributed by atoms with E-state index in [9.17, 15) is 9.59 Å². The van der Waals surface area contributed by atoms with Crippen LogP contribution in [0.1, 0.15) is 12.5 Å². The van der Waals surface area contributed by atoms with Crippen LogP contribution in [0.15, 0.2) is 45.4 Å². The molecule has 3 rings (SSSR count). The van der Waals surface area contributed by atoms with Crippen molar-refractivity contribution in [3.8, 4) is 0 Å². The van der Waals surface area contributed by atoms with Gasteiger partial charge in [-0.15, -0.1) is 0 Å². The van der Waals surface area contributed by atoms with E-state index in [1.54, 1.807) is 6.21 Å². The lowest BCUT2D eigenvalue weighted by Gasteiger charge is -2.12. The number of aliphatic imine (C=N–C) groups is 2. The van der Waals surface area contributed by atoms with Crippen LogP contribution in [0.5, 0.6) is 0 Å². The number of carbonyl (C=O) groups excluding carboxylic acids is 2. The van der Waals surface area contributed by atoms with E-state index < -0.39 is 0 Å². The third-order valence-corrected chi connectivity index (χ3v) is 3.48. The number of carbonyl (C=O) groups is 2. The number of fused-ring (bicyclic) bond motifs is 1. The van der Waals surface area contributed by atoms with Gasteiger partial charge in [-0.2, -0.15) is 4.99 Å². The van der Waals surface area contributed by atoms with Gasteiger partial charge >= 0.3 is 0 Å². The molecule has 0 saturated carbocycles. The van der Waals surface area contributed by atoms with E-state index in [1.807, 2.05) is 24.3 Å². The topological polar surface area (TPSA) is 119 Å². The molecule has 2 heterocycles. The molecule has 8 heteroatoms. The molecule has 0 spiro atoms. The largest absolute Gasteiger partial charge is 0.326 e. The van der Waals surface area contributed by atoms with Gasteiger partial charge in [0.1, 0.15) is 0 Å². The third kappa shape index (κ3) is 3.44. The molecule has 0 bridgehead atoms. The third-order valence-electron chi connectivity index (χ3n) is 3.48. The Morgan fingerprint density at radius 3 is 2.71 bits per heavy atom. The van der Waals surface area contributed by atoms with Crippen LogP contribution in [0.3, 0.4) is 0 Å². The van der Waals surface area contributed by atoms with Crippen molar-refractivity contribution in [3.05, 3.63) is 41.0 Å². The van der Waals surface area contributed by atoms with E-state index in [4.69, 9.17) is 5.41 Å². The monoisotopic (exact) mass is 324 g/mol. The van der Waals surface area contributed by atoms with Crippen LogP contribution in [-0.4, -0.2) is 36.4 Å². The van der Waals surface area contributed by atoms with E-state index in [2.05, 4.69) is 25.9 Å². The zero-order valence-corrected chi connectivity index (χ0v) is 13.0. The number of anilines is 1. The molecule has 2 aliphatic rings. The lowest BCUT2D eigenvalue weighted by Crippen LogP contribution is -2.37. The molecule has 0 fully saturated rings. The number of hydrogen-bond donors (Lipinski definition) is 4. The second-order valence-corrected chi connectivity index (χ2v) is 5.38. The highest BCUT2D eigenvalue weighted by atomic mass is 16.2. The number of amidine groups is 1. The molecule has 122 valence electrons. The maximum absolute atomic E-state index is 11.9. The maximum Gasteiger partial charge on any atom is 0.262 e. The first-order chi connectivity index (χ1) is 11.5. The Balaban J connectivity index is 1.60. The first kappa shape index (κ1) is 15.8. The molecular weight excluding hydrogens is 308 g/mol. The van der Waals surface area contributed by atoms with Gasteiger partial charge in [0.2, 0.25) is 11.9 Å². The first-order valence-electron chi connectivity index (χ1n) is 7.36. The van der Waals surface area contributed by atoms with E-state index in [0.717, 1.165) is 16.8 Å². The Morgan fingerprint density at radius 2 is 2.00 bits per heavy atom. The van der Waals surface area contributed by atoms with Crippen molar-refractivity contribution in [2.45, 2.75) is 13.5 Å². The molecule has 0 saturated heterocycles. The summed E-state index contributed by atoms with van der Waals surface area (Å²) in [4.78, 5) is 30.9. The molecule has 1 aromatic rings. The predicted octanol–water partition coefficient (Wildman–Crippen LogP) is 0.579. The molecule has 0 aliphatic carbocycles. The molecule has 8 nitrogen and oxygen atoms in total. The fourth-order valence-corrected chi connectivity index (χ4v) is 2.43. The van der Waals surface area contributed by atoms with E-state index in [1.165, 1.54) is 6.92 Å². The second kappa shape index (κ2) is 6.55. The van der Waals surface area contributed by atoms with Crippen LogP contribution in [0.2, 0.25) is 0 Å². The summed E-state index contributed by atoms with van der Waals surface area (Å²) < 4.78 is 0. The average Bonchev–Trinajstić information content (AvgIpc) is 2.91. The Kier molecular flexibility index (Phi) is 4.30. The van der Waals surface area contributed by atoms with Crippen LogP contribution in [-0.2, 0) is 16.1 Å². The van der Waals surface area contributed by atoms with E-state index in [0.29, 0.717) is 24.5 Å². The summed E-state index contributed by atoms with van der Waals surface area (Å²) >= 11 is 0. The Morgan fingerprint density at radius 1 is 1.25 bits per heavy atom. The van der Waals surface area contributed by atoms with Crippen molar-refractivity contribution in [1.29, 1.82) is 5.41 Å². The van der Waals surface area contributed by atoms with Gasteiger partial charge in [0, 0.05) is 37.5 Å². The standard InChI is InChI=1S/C16H16N6O2/c1-9(23)20-12-4-2-10(3-5-12)6-18-7-11-8-19-14-13(11)15(24)22-16(17)21-14/h2-5,8,18H,6-7H2,1H3,(H,20,23)(H2,17,22,24). The molecule has 4 N–H and O–H groups in total. The molecule has 0 unspecified atom stereocenters. The summed E-state index contributed by atoms with van der Waals surface area (Å²) in [7, 11) is 0. The molecule has 2 amide bonds. The number of guanidine groups is 1. The Bertz CT molecular complexity index is 804. The van der Waals surface area contributed by atoms with Crippen molar-refractivity contribution >= 4 is 35.5 Å². The molecule has 0 radical (unpaired) electrons. The van der Waals surface area contributed by atoms with Gasteiger partial charge in [0.25, 0.3) is 5.91 Å².